The first kappa shape index (κ1) is 82.9. The number of ether oxygens (including phenoxy) is 2. The predicted molar refractivity (Wildman–Crippen MR) is 376 cm³/mol. The summed E-state index contributed by atoms with van der Waals surface area (Å²) in [6.07, 6.45) is 102. The summed E-state index contributed by atoms with van der Waals surface area (Å²) in [6, 6.07) is 0. The van der Waals surface area contributed by atoms with E-state index in [4.69, 9.17) is 24.3 Å². The molecule has 0 amide bonds. The summed E-state index contributed by atoms with van der Waals surface area (Å²) in [5.41, 5.74) is 5.40. The molecule has 10 heteroatoms. The number of phosphoric acid groups is 1. The van der Waals surface area contributed by atoms with Crippen molar-refractivity contribution in [1.29, 1.82) is 0 Å². The molecule has 0 aliphatic heterocycles. The van der Waals surface area contributed by atoms with Gasteiger partial charge in [0.05, 0.1) is 13.2 Å². The molecule has 0 fully saturated rings. The van der Waals surface area contributed by atoms with Crippen molar-refractivity contribution in [2.45, 2.75) is 302 Å². The molecule has 2 unspecified atom stereocenters. The number of carbonyl (C=O) groups is 2. The average molecular weight is 1230 g/mol. The third kappa shape index (κ3) is 70.8. The van der Waals surface area contributed by atoms with E-state index in [1.54, 1.807) is 0 Å². The Hall–Kier alpha value is -4.11. The summed E-state index contributed by atoms with van der Waals surface area (Å²) >= 11 is 0. The molecule has 3 N–H and O–H groups in total. The molecule has 496 valence electrons. The number of phosphoric ester groups is 1. The van der Waals surface area contributed by atoms with Crippen molar-refractivity contribution in [3.05, 3.63) is 146 Å². The molecule has 0 aliphatic carbocycles. The van der Waals surface area contributed by atoms with Gasteiger partial charge in [-0.15, -0.1) is 0 Å². The number of rotatable bonds is 65. The van der Waals surface area contributed by atoms with Gasteiger partial charge in [-0.1, -0.05) is 307 Å². The number of unbranched alkanes of at least 4 members (excludes halogenated alkanes) is 28. The smallest absolute Gasteiger partial charge is 0.462 e. The Kier molecular flexibility index (Phi) is 67.6. The van der Waals surface area contributed by atoms with Gasteiger partial charge in [-0.3, -0.25) is 18.6 Å². The van der Waals surface area contributed by atoms with Gasteiger partial charge in [-0.25, -0.2) is 4.57 Å². The third-order valence-electron chi connectivity index (χ3n) is 14.7. The molecule has 0 spiro atoms. The zero-order valence-corrected chi connectivity index (χ0v) is 56.6. The van der Waals surface area contributed by atoms with Crippen LogP contribution in [-0.2, 0) is 32.7 Å². The van der Waals surface area contributed by atoms with Crippen LogP contribution in [0.4, 0.5) is 0 Å². The van der Waals surface area contributed by atoms with E-state index in [2.05, 4.69) is 160 Å². The van der Waals surface area contributed by atoms with Gasteiger partial charge < -0.3 is 20.1 Å². The highest BCUT2D eigenvalue weighted by Crippen LogP contribution is 2.43. The quantitative estimate of drug-likeness (QED) is 0.0264. The molecule has 0 aliphatic rings. The summed E-state index contributed by atoms with van der Waals surface area (Å²) in [4.78, 5) is 35.4. The van der Waals surface area contributed by atoms with Crippen LogP contribution in [0.1, 0.15) is 296 Å². The molecule has 0 aromatic heterocycles. The Morgan fingerprint density at radius 2 is 0.632 bits per heavy atom. The van der Waals surface area contributed by atoms with Gasteiger partial charge in [-0.05, 0) is 122 Å². The maximum atomic E-state index is 12.8. The highest BCUT2D eigenvalue weighted by atomic mass is 31.2. The SMILES string of the molecule is CC/C=C\C/C=C\C/C=C\C/C=C\C/C=C\C/C=C\C/C=C\C/C=C\C/C=C\CCCCCCCCCCCCCC(=O)OC(COC(=O)CCCCCCCCCCCCCC/C=C\C/C=C\C/C=C\CCCCCCC)COP(=O)(O)OCCN. The van der Waals surface area contributed by atoms with Gasteiger partial charge in [0.25, 0.3) is 0 Å². The molecule has 0 saturated carbocycles. The van der Waals surface area contributed by atoms with Crippen molar-refractivity contribution in [1.82, 2.24) is 0 Å². The summed E-state index contributed by atoms with van der Waals surface area (Å²) < 4.78 is 33.2. The largest absolute Gasteiger partial charge is 0.472 e. The minimum absolute atomic E-state index is 0.0468. The molecular weight excluding hydrogens is 1100 g/mol. The number of allylic oxidation sites excluding steroid dienone is 24. The molecule has 9 nitrogen and oxygen atoms in total. The monoisotopic (exact) mass is 1230 g/mol. The van der Waals surface area contributed by atoms with Crippen LogP contribution < -0.4 is 5.73 Å². The highest BCUT2D eigenvalue weighted by molar-refractivity contribution is 7.47. The molecule has 0 saturated heterocycles. The van der Waals surface area contributed by atoms with Gasteiger partial charge in [0.2, 0.25) is 0 Å². The summed E-state index contributed by atoms with van der Waals surface area (Å²) in [5.74, 6) is -0.834. The molecule has 0 rings (SSSR count). The Morgan fingerprint density at radius 3 is 0.943 bits per heavy atom. The van der Waals surface area contributed by atoms with Crippen LogP contribution >= 0.6 is 7.82 Å². The lowest BCUT2D eigenvalue weighted by Gasteiger charge is -2.19. The first-order chi connectivity index (χ1) is 42.8. The second-order valence-electron chi connectivity index (χ2n) is 23.0. The van der Waals surface area contributed by atoms with Gasteiger partial charge in [0.1, 0.15) is 6.61 Å². The number of esters is 2. The molecule has 0 aromatic rings. The fourth-order valence-electron chi connectivity index (χ4n) is 9.52. The Morgan fingerprint density at radius 1 is 0.356 bits per heavy atom. The van der Waals surface area contributed by atoms with E-state index in [0.29, 0.717) is 6.42 Å². The van der Waals surface area contributed by atoms with Crippen LogP contribution in [0.25, 0.3) is 0 Å². The van der Waals surface area contributed by atoms with E-state index >= 15 is 0 Å². The minimum Gasteiger partial charge on any atom is -0.462 e. The zero-order chi connectivity index (χ0) is 63.0. The Balaban J connectivity index is 3.94. The molecule has 2 atom stereocenters. The van der Waals surface area contributed by atoms with E-state index in [1.807, 2.05) is 0 Å². The van der Waals surface area contributed by atoms with Crippen LogP contribution in [0.3, 0.4) is 0 Å². The normalized spacial score (nSPS) is 13.8. The number of nitrogens with two attached hydrogens (primary N) is 1. The second kappa shape index (κ2) is 71.0. The van der Waals surface area contributed by atoms with E-state index < -0.39 is 26.5 Å². The zero-order valence-electron chi connectivity index (χ0n) is 55.7. The average Bonchev–Trinajstić information content (AvgIpc) is 3.64. The Labute approximate surface area is 535 Å². The van der Waals surface area contributed by atoms with Crippen molar-refractivity contribution < 1.29 is 37.6 Å². The van der Waals surface area contributed by atoms with E-state index in [9.17, 15) is 19.0 Å². The van der Waals surface area contributed by atoms with Crippen LogP contribution in [-0.4, -0.2) is 49.3 Å². The maximum Gasteiger partial charge on any atom is 0.472 e. The number of carbonyl (C=O) groups excluding carboxylic acids is 2. The topological polar surface area (TPSA) is 134 Å². The number of hydrogen-bond donors (Lipinski definition) is 2. The first-order valence-corrected chi connectivity index (χ1v) is 36.8. The molecular formula is C77H130NO8P. The van der Waals surface area contributed by atoms with Crippen molar-refractivity contribution in [2.75, 3.05) is 26.4 Å². The molecule has 0 radical (unpaired) electrons. The Bertz CT molecular complexity index is 1940. The van der Waals surface area contributed by atoms with Crippen molar-refractivity contribution >= 4 is 19.8 Å². The fourth-order valence-corrected chi connectivity index (χ4v) is 10.3. The van der Waals surface area contributed by atoms with E-state index in [1.165, 1.54) is 148 Å². The van der Waals surface area contributed by atoms with Gasteiger partial charge >= 0.3 is 19.8 Å². The predicted octanol–water partition coefficient (Wildman–Crippen LogP) is 23.4. The third-order valence-corrected chi connectivity index (χ3v) is 15.7. The van der Waals surface area contributed by atoms with Crippen LogP contribution in [0.2, 0.25) is 0 Å². The lowest BCUT2D eigenvalue weighted by molar-refractivity contribution is -0.161. The maximum absolute atomic E-state index is 12.8. The van der Waals surface area contributed by atoms with Crippen LogP contribution in [0.5, 0.6) is 0 Å². The molecule has 0 aromatic carbocycles. The van der Waals surface area contributed by atoms with Crippen LogP contribution in [0, 0.1) is 0 Å². The van der Waals surface area contributed by atoms with Crippen molar-refractivity contribution in [3.8, 4) is 0 Å². The number of hydrogen-bond acceptors (Lipinski definition) is 8. The summed E-state index contributed by atoms with van der Waals surface area (Å²) in [6.45, 7) is 3.62. The van der Waals surface area contributed by atoms with Gasteiger partial charge in [0.15, 0.2) is 6.10 Å². The fraction of sp³-hybridized carbons (Fsp3) is 0.662. The van der Waals surface area contributed by atoms with E-state index in [-0.39, 0.29) is 38.6 Å². The lowest BCUT2D eigenvalue weighted by atomic mass is 10.0. The molecule has 0 bridgehead atoms. The summed E-state index contributed by atoms with van der Waals surface area (Å²) in [7, 11) is -4.40. The summed E-state index contributed by atoms with van der Waals surface area (Å²) in [5, 5.41) is 0. The molecule has 0 heterocycles. The highest BCUT2D eigenvalue weighted by Gasteiger charge is 2.26. The minimum atomic E-state index is -4.40. The second-order valence-corrected chi connectivity index (χ2v) is 24.5. The van der Waals surface area contributed by atoms with Gasteiger partial charge in [-0.2, -0.15) is 0 Å². The van der Waals surface area contributed by atoms with E-state index in [0.717, 1.165) is 116 Å². The standard InChI is InChI=1S/C77H130NO8P/c1-3-5-7-9-11-13-15-17-19-21-23-25-27-29-31-32-33-34-35-36-37-38-39-40-41-42-44-46-48-50-52-54-56-58-60-62-64-66-68-70-77(80)86-75(74-85-87(81,82)84-72-71-78)73-83-76(79)69-67-65-63-61-59-57-55-53-51-49-47-45-43-30-28-26-24-22-20-18-16-14-12-10-8-6-4-2/h5,7,11,13,16-19,22-25,28-31,33-34,36-37,39-40,42,44,75H,3-4,6,8-10,12,14-15,20-21,26-27,32,35,38,41,43,45-74,78H2,1-2H3,(H,81,82)/b7-5-,13-11-,18-16-,19-17-,24-22-,25-23-,30-28-,31-29-,34-33-,37-36-,40-39-,44-42-. The van der Waals surface area contributed by atoms with Crippen molar-refractivity contribution in [3.63, 3.8) is 0 Å². The molecule has 87 heavy (non-hydrogen) atoms. The van der Waals surface area contributed by atoms with Crippen molar-refractivity contribution in [2.24, 2.45) is 5.73 Å². The lowest BCUT2D eigenvalue weighted by Crippen LogP contribution is -2.29. The first-order valence-electron chi connectivity index (χ1n) is 35.3. The van der Waals surface area contributed by atoms with Crippen LogP contribution in [0.15, 0.2) is 146 Å². The van der Waals surface area contributed by atoms with Gasteiger partial charge in [0, 0.05) is 19.4 Å².